The van der Waals surface area contributed by atoms with E-state index in [4.69, 9.17) is 5.73 Å². The SMILES string of the molecule is Nc1ccc(S(=O)(=O)NCC2CCCC(O)C2)cc1Br. The normalized spacial score (nSPS) is 23.7. The van der Waals surface area contributed by atoms with Gasteiger partial charge in [-0.2, -0.15) is 0 Å². The maximum absolute atomic E-state index is 12.2. The van der Waals surface area contributed by atoms with Crippen LogP contribution in [0.1, 0.15) is 25.7 Å². The van der Waals surface area contributed by atoms with Gasteiger partial charge in [0.05, 0.1) is 11.0 Å². The largest absolute Gasteiger partial charge is 0.398 e. The zero-order chi connectivity index (χ0) is 14.8. The van der Waals surface area contributed by atoms with Gasteiger partial charge in [0, 0.05) is 16.7 Å². The van der Waals surface area contributed by atoms with Gasteiger partial charge in [-0.25, -0.2) is 13.1 Å². The summed E-state index contributed by atoms with van der Waals surface area (Å²) in [5, 5.41) is 9.60. The van der Waals surface area contributed by atoms with E-state index in [1.807, 2.05) is 0 Å². The van der Waals surface area contributed by atoms with Crippen molar-refractivity contribution in [2.45, 2.75) is 36.7 Å². The number of sulfonamides is 1. The lowest BCUT2D eigenvalue weighted by Gasteiger charge is -2.25. The Morgan fingerprint density at radius 3 is 2.80 bits per heavy atom. The minimum atomic E-state index is -3.53. The molecule has 0 heterocycles. The van der Waals surface area contributed by atoms with Crippen LogP contribution < -0.4 is 10.5 Å². The smallest absolute Gasteiger partial charge is 0.240 e. The van der Waals surface area contributed by atoms with Crippen LogP contribution in [-0.4, -0.2) is 26.2 Å². The minimum Gasteiger partial charge on any atom is -0.398 e. The molecule has 4 N–H and O–H groups in total. The van der Waals surface area contributed by atoms with Crippen molar-refractivity contribution in [2.75, 3.05) is 12.3 Å². The van der Waals surface area contributed by atoms with E-state index in [1.165, 1.54) is 12.1 Å². The van der Waals surface area contributed by atoms with Crippen molar-refractivity contribution in [1.29, 1.82) is 0 Å². The summed E-state index contributed by atoms with van der Waals surface area (Å²) in [6.07, 6.45) is 3.07. The fraction of sp³-hybridized carbons (Fsp3) is 0.538. The third kappa shape index (κ3) is 3.94. The third-order valence-electron chi connectivity index (χ3n) is 3.60. The quantitative estimate of drug-likeness (QED) is 0.712. The molecule has 0 aliphatic heterocycles. The maximum Gasteiger partial charge on any atom is 0.240 e. The number of halogens is 1. The number of aliphatic hydroxyl groups excluding tert-OH is 1. The van der Waals surface area contributed by atoms with Gasteiger partial charge in [-0.3, -0.25) is 0 Å². The lowest BCUT2D eigenvalue weighted by molar-refractivity contribution is 0.102. The van der Waals surface area contributed by atoms with Gasteiger partial charge in [-0.1, -0.05) is 6.42 Å². The summed E-state index contributed by atoms with van der Waals surface area (Å²) in [5.41, 5.74) is 6.15. The highest BCUT2D eigenvalue weighted by Crippen LogP contribution is 2.25. The Morgan fingerprint density at radius 2 is 2.15 bits per heavy atom. The molecule has 2 rings (SSSR count). The molecule has 0 aromatic heterocycles. The van der Waals surface area contributed by atoms with Gasteiger partial charge in [0.2, 0.25) is 10.0 Å². The molecule has 2 atom stereocenters. The molecular weight excluding hydrogens is 344 g/mol. The molecule has 5 nitrogen and oxygen atoms in total. The summed E-state index contributed by atoms with van der Waals surface area (Å²) in [6, 6.07) is 4.54. The lowest BCUT2D eigenvalue weighted by atomic mass is 9.87. The van der Waals surface area contributed by atoms with Crippen LogP contribution in [0.4, 0.5) is 5.69 Å². The zero-order valence-corrected chi connectivity index (χ0v) is 13.5. The van der Waals surface area contributed by atoms with Crippen LogP contribution in [0.2, 0.25) is 0 Å². The second kappa shape index (κ2) is 6.43. The summed E-state index contributed by atoms with van der Waals surface area (Å²) in [7, 11) is -3.53. The number of rotatable bonds is 4. The van der Waals surface area contributed by atoms with Gasteiger partial charge in [-0.05, 0) is 59.3 Å². The van der Waals surface area contributed by atoms with Crippen molar-refractivity contribution in [2.24, 2.45) is 5.92 Å². The highest BCUT2D eigenvalue weighted by Gasteiger charge is 2.22. The van der Waals surface area contributed by atoms with Crippen LogP contribution in [0.15, 0.2) is 27.6 Å². The summed E-state index contributed by atoms with van der Waals surface area (Å²) >= 11 is 3.22. The zero-order valence-electron chi connectivity index (χ0n) is 11.0. The van der Waals surface area contributed by atoms with Crippen LogP contribution in [0.3, 0.4) is 0 Å². The maximum atomic E-state index is 12.2. The number of aliphatic hydroxyl groups is 1. The Balaban J connectivity index is 2.01. The number of hydrogen-bond donors (Lipinski definition) is 3. The van der Waals surface area contributed by atoms with E-state index in [0.717, 1.165) is 19.3 Å². The number of nitrogens with two attached hydrogens (primary N) is 1. The van der Waals surface area contributed by atoms with Crippen LogP contribution in [0.5, 0.6) is 0 Å². The van der Waals surface area contributed by atoms with Crippen LogP contribution >= 0.6 is 15.9 Å². The highest BCUT2D eigenvalue weighted by atomic mass is 79.9. The lowest BCUT2D eigenvalue weighted by Crippen LogP contribution is -2.33. The molecular formula is C13H19BrN2O3S. The number of hydrogen-bond acceptors (Lipinski definition) is 4. The van der Waals surface area contributed by atoms with E-state index < -0.39 is 10.0 Å². The first-order valence-electron chi connectivity index (χ1n) is 6.61. The van der Waals surface area contributed by atoms with Crippen molar-refractivity contribution in [3.63, 3.8) is 0 Å². The Morgan fingerprint density at radius 1 is 1.40 bits per heavy atom. The summed E-state index contributed by atoms with van der Waals surface area (Å²) < 4.78 is 27.5. The molecule has 1 fully saturated rings. The number of nitrogen functional groups attached to an aromatic ring is 1. The Kier molecular flexibility index (Phi) is 5.06. The van der Waals surface area contributed by atoms with E-state index in [2.05, 4.69) is 20.7 Å². The molecule has 0 saturated heterocycles. The summed E-state index contributed by atoms with van der Waals surface area (Å²) in [4.78, 5) is 0.190. The summed E-state index contributed by atoms with van der Waals surface area (Å²) in [5.74, 6) is 0.200. The minimum absolute atomic E-state index is 0.190. The molecule has 1 aromatic carbocycles. The number of nitrogens with one attached hydrogen (secondary N) is 1. The molecule has 0 spiro atoms. The molecule has 1 aliphatic carbocycles. The third-order valence-corrected chi connectivity index (χ3v) is 5.71. The Bertz CT molecular complexity index is 577. The average molecular weight is 363 g/mol. The molecule has 1 saturated carbocycles. The molecule has 20 heavy (non-hydrogen) atoms. The number of benzene rings is 1. The molecule has 1 aliphatic rings. The average Bonchev–Trinajstić information content (AvgIpc) is 2.40. The van der Waals surface area contributed by atoms with Gasteiger partial charge >= 0.3 is 0 Å². The predicted molar refractivity (Wildman–Crippen MR) is 81.7 cm³/mol. The van der Waals surface area contributed by atoms with Crippen LogP contribution in [0, 0.1) is 5.92 Å². The first kappa shape index (κ1) is 15.8. The molecule has 0 bridgehead atoms. The van der Waals surface area contributed by atoms with E-state index in [0.29, 0.717) is 23.1 Å². The molecule has 0 radical (unpaired) electrons. The fourth-order valence-electron chi connectivity index (χ4n) is 2.43. The van der Waals surface area contributed by atoms with Gasteiger partial charge in [-0.15, -0.1) is 0 Å². The first-order valence-corrected chi connectivity index (χ1v) is 8.89. The number of anilines is 1. The van der Waals surface area contributed by atoms with E-state index in [1.54, 1.807) is 6.07 Å². The van der Waals surface area contributed by atoms with E-state index >= 15 is 0 Å². The monoisotopic (exact) mass is 362 g/mol. The highest BCUT2D eigenvalue weighted by molar-refractivity contribution is 9.10. The van der Waals surface area contributed by atoms with E-state index in [9.17, 15) is 13.5 Å². The second-order valence-corrected chi connectivity index (χ2v) is 7.84. The first-order chi connectivity index (χ1) is 9.38. The van der Waals surface area contributed by atoms with Gasteiger partial charge < -0.3 is 10.8 Å². The van der Waals surface area contributed by atoms with Gasteiger partial charge in [0.1, 0.15) is 0 Å². The van der Waals surface area contributed by atoms with Crippen molar-refractivity contribution in [3.8, 4) is 0 Å². The van der Waals surface area contributed by atoms with Crippen LogP contribution in [-0.2, 0) is 10.0 Å². The van der Waals surface area contributed by atoms with Crippen molar-refractivity contribution in [3.05, 3.63) is 22.7 Å². The van der Waals surface area contributed by atoms with Crippen molar-refractivity contribution < 1.29 is 13.5 Å². The summed E-state index contributed by atoms with van der Waals surface area (Å²) in [6.45, 7) is 0.362. The molecule has 1 aromatic rings. The predicted octanol–water partition coefficient (Wildman–Crippen LogP) is 1.86. The molecule has 2 unspecified atom stereocenters. The van der Waals surface area contributed by atoms with Crippen molar-refractivity contribution >= 4 is 31.6 Å². The van der Waals surface area contributed by atoms with Crippen LogP contribution in [0.25, 0.3) is 0 Å². The molecule has 112 valence electrons. The van der Waals surface area contributed by atoms with Gasteiger partial charge in [0.15, 0.2) is 0 Å². The van der Waals surface area contributed by atoms with Gasteiger partial charge in [0.25, 0.3) is 0 Å². The topological polar surface area (TPSA) is 92.4 Å². The Labute approximate surface area is 127 Å². The van der Waals surface area contributed by atoms with Crippen molar-refractivity contribution in [1.82, 2.24) is 4.72 Å². The Hall–Kier alpha value is -0.630. The molecule has 0 amide bonds. The fourth-order valence-corrected chi connectivity index (χ4v) is 4.11. The molecule has 7 heteroatoms. The second-order valence-electron chi connectivity index (χ2n) is 5.22. The van der Waals surface area contributed by atoms with E-state index in [-0.39, 0.29) is 16.9 Å². The standard InChI is InChI=1S/C13H19BrN2O3S/c14-12-7-11(4-5-13(12)15)20(18,19)16-8-9-2-1-3-10(17)6-9/h4-5,7,9-10,16-17H,1-3,6,8,15H2.